The molecule has 0 saturated carbocycles. The second-order valence-corrected chi connectivity index (χ2v) is 7.26. The van der Waals surface area contributed by atoms with Crippen LogP contribution in [0, 0.1) is 0 Å². The summed E-state index contributed by atoms with van der Waals surface area (Å²) >= 11 is 1.06. The smallest absolute Gasteiger partial charge is 0.358 e. The number of imidazole rings is 1. The molecule has 1 atom stereocenters. The van der Waals surface area contributed by atoms with Crippen LogP contribution in [0.25, 0.3) is 0 Å². The quantitative estimate of drug-likeness (QED) is 0.293. The molecule has 31 heavy (non-hydrogen) atoms. The van der Waals surface area contributed by atoms with Crippen molar-refractivity contribution in [3.05, 3.63) is 24.7 Å². The van der Waals surface area contributed by atoms with Gasteiger partial charge in [-0.25, -0.2) is 14.8 Å². The molecule has 1 aromatic heterocycles. The number of ether oxygens (including phenoxy) is 3. The van der Waals surface area contributed by atoms with E-state index in [0.29, 0.717) is 0 Å². The summed E-state index contributed by atoms with van der Waals surface area (Å²) in [6.45, 7) is 7.14. The molecule has 0 N–H and O–H groups in total. The number of hydrogen-bond donors (Lipinski definition) is 0. The van der Waals surface area contributed by atoms with Crippen LogP contribution in [-0.4, -0.2) is 75.6 Å². The Hall–Kier alpha value is -3.15. The van der Waals surface area contributed by atoms with Crippen molar-refractivity contribution in [2.24, 2.45) is 4.99 Å². The Labute approximate surface area is 183 Å². The summed E-state index contributed by atoms with van der Waals surface area (Å²) in [5, 5.41) is -0.482. The van der Waals surface area contributed by atoms with Gasteiger partial charge in [-0.3, -0.25) is 19.3 Å². The first-order valence-corrected chi connectivity index (χ1v) is 10.4. The molecule has 0 aromatic carbocycles. The lowest BCUT2D eigenvalue weighted by atomic mass is 10.2. The zero-order valence-corrected chi connectivity index (χ0v) is 18.3. The number of esters is 3. The molecule has 2 heterocycles. The largest absolute Gasteiger partial charge is 0.469 e. The highest BCUT2D eigenvalue weighted by Gasteiger charge is 2.39. The Morgan fingerprint density at radius 2 is 1.97 bits per heavy atom. The van der Waals surface area contributed by atoms with Crippen LogP contribution in [0.3, 0.4) is 0 Å². The minimum absolute atomic E-state index is 0.0224. The second-order valence-electron chi connectivity index (χ2n) is 6.09. The molecule has 1 fully saturated rings. The predicted molar refractivity (Wildman–Crippen MR) is 112 cm³/mol. The Morgan fingerprint density at radius 3 is 2.58 bits per heavy atom. The van der Waals surface area contributed by atoms with Crippen LogP contribution in [-0.2, 0) is 35.1 Å². The lowest BCUT2D eigenvalue weighted by Crippen LogP contribution is -2.33. The first-order chi connectivity index (χ1) is 14.9. The molecular formula is C19H24N4O7S. The minimum atomic E-state index is -0.723. The summed E-state index contributed by atoms with van der Waals surface area (Å²) in [6.07, 6.45) is 2.66. The summed E-state index contributed by atoms with van der Waals surface area (Å²) in [5.41, 5.74) is -0.0505. The molecule has 0 radical (unpaired) electrons. The number of hydrogen-bond acceptors (Lipinski definition) is 10. The van der Waals surface area contributed by atoms with Crippen LogP contribution in [0.4, 0.5) is 5.82 Å². The van der Waals surface area contributed by atoms with E-state index in [0.717, 1.165) is 11.8 Å². The van der Waals surface area contributed by atoms with Gasteiger partial charge in [0.15, 0.2) is 16.7 Å². The maximum absolute atomic E-state index is 12.7. The van der Waals surface area contributed by atoms with Gasteiger partial charge in [0.2, 0.25) is 5.91 Å². The molecule has 1 aliphatic heterocycles. The average Bonchev–Trinajstić information content (AvgIpc) is 3.24. The Bertz CT molecular complexity index is 896. The van der Waals surface area contributed by atoms with Crippen LogP contribution in [0.2, 0.25) is 0 Å². The van der Waals surface area contributed by atoms with Gasteiger partial charge in [-0.15, -0.1) is 6.58 Å². The molecule has 168 valence electrons. The highest BCUT2D eigenvalue weighted by atomic mass is 32.2. The van der Waals surface area contributed by atoms with E-state index in [4.69, 9.17) is 9.47 Å². The van der Waals surface area contributed by atoms with E-state index in [9.17, 15) is 19.2 Å². The summed E-state index contributed by atoms with van der Waals surface area (Å²) in [4.78, 5) is 58.5. The summed E-state index contributed by atoms with van der Waals surface area (Å²) < 4.78 is 15.9. The van der Waals surface area contributed by atoms with Crippen molar-refractivity contribution in [3.63, 3.8) is 0 Å². The molecule has 0 bridgehead atoms. The fraction of sp³-hybridized carbons (Fsp3) is 0.474. The lowest BCUT2D eigenvalue weighted by molar-refractivity contribution is -0.144. The number of rotatable bonds is 10. The number of nitrogens with zero attached hydrogens (tertiary/aromatic N) is 4. The van der Waals surface area contributed by atoms with Gasteiger partial charge in [-0.1, -0.05) is 17.8 Å². The average molecular weight is 452 g/mol. The van der Waals surface area contributed by atoms with E-state index in [2.05, 4.69) is 21.3 Å². The standard InChI is InChI=1S/C19H24N4O7S/c1-5-8-23-17(26)12(9-13(24)28-4)31-19(23)21-16-15(18(27)30-7-3)22(11-20-16)10-14(25)29-6-2/h5,11-12H,1,6-10H2,2-4H3/b21-19-. The number of amides is 1. The van der Waals surface area contributed by atoms with Gasteiger partial charge in [0, 0.05) is 6.54 Å². The summed E-state index contributed by atoms with van der Waals surface area (Å²) in [6, 6.07) is 0. The van der Waals surface area contributed by atoms with Gasteiger partial charge in [0.25, 0.3) is 0 Å². The highest BCUT2D eigenvalue weighted by molar-refractivity contribution is 8.15. The second kappa shape index (κ2) is 11.3. The van der Waals surface area contributed by atoms with Gasteiger partial charge in [-0.2, -0.15) is 0 Å². The zero-order chi connectivity index (χ0) is 23.0. The Morgan fingerprint density at radius 1 is 1.26 bits per heavy atom. The molecule has 2 rings (SSSR count). The molecular weight excluding hydrogens is 428 g/mol. The first-order valence-electron chi connectivity index (χ1n) is 9.48. The van der Waals surface area contributed by atoms with Gasteiger partial charge >= 0.3 is 17.9 Å². The van der Waals surface area contributed by atoms with Crippen molar-refractivity contribution in [1.82, 2.24) is 14.5 Å². The number of methoxy groups -OCH3 is 1. The summed E-state index contributed by atoms with van der Waals surface area (Å²) in [7, 11) is 1.24. The minimum Gasteiger partial charge on any atom is -0.469 e. The van der Waals surface area contributed by atoms with Crippen LogP contribution in [0.1, 0.15) is 30.8 Å². The molecule has 1 aromatic rings. The molecule has 1 aliphatic rings. The number of carbonyl (C=O) groups excluding carboxylic acids is 4. The van der Waals surface area contributed by atoms with Crippen molar-refractivity contribution in [2.45, 2.75) is 32.1 Å². The fourth-order valence-electron chi connectivity index (χ4n) is 2.67. The normalized spacial score (nSPS) is 17.0. The predicted octanol–water partition coefficient (Wildman–Crippen LogP) is 1.30. The molecule has 12 heteroatoms. The van der Waals surface area contributed by atoms with Gasteiger partial charge in [0.05, 0.1) is 33.1 Å². The van der Waals surface area contributed by atoms with E-state index in [-0.39, 0.29) is 55.3 Å². The topological polar surface area (TPSA) is 129 Å². The van der Waals surface area contributed by atoms with E-state index in [1.807, 2.05) is 0 Å². The third-order valence-corrected chi connectivity index (χ3v) is 5.18. The van der Waals surface area contributed by atoms with E-state index >= 15 is 0 Å². The van der Waals surface area contributed by atoms with Crippen molar-refractivity contribution in [2.75, 3.05) is 26.9 Å². The van der Waals surface area contributed by atoms with E-state index in [1.54, 1.807) is 13.8 Å². The zero-order valence-electron chi connectivity index (χ0n) is 17.5. The number of carbonyl (C=O) groups is 4. The fourth-order valence-corrected chi connectivity index (χ4v) is 3.81. The van der Waals surface area contributed by atoms with Crippen molar-refractivity contribution < 1.29 is 33.4 Å². The van der Waals surface area contributed by atoms with Crippen molar-refractivity contribution >= 4 is 46.6 Å². The van der Waals surface area contributed by atoms with E-state index < -0.39 is 23.2 Å². The Balaban J connectivity index is 2.42. The maximum Gasteiger partial charge on any atom is 0.358 e. The third kappa shape index (κ3) is 5.94. The third-order valence-electron chi connectivity index (χ3n) is 4.00. The SMILES string of the molecule is C=CCN1C(=O)C(CC(=O)OC)S/C1=N\c1ncn(CC(=O)OCC)c1C(=O)OCC. The molecule has 1 amide bonds. The summed E-state index contributed by atoms with van der Waals surface area (Å²) in [5.74, 6) is -2.17. The van der Waals surface area contributed by atoms with Gasteiger partial charge in [-0.05, 0) is 13.8 Å². The lowest BCUT2D eigenvalue weighted by Gasteiger charge is -2.13. The molecule has 1 unspecified atom stereocenters. The van der Waals surface area contributed by atoms with Gasteiger partial charge < -0.3 is 18.8 Å². The number of amidine groups is 1. The monoisotopic (exact) mass is 452 g/mol. The Kier molecular flexibility index (Phi) is 8.79. The number of aliphatic imine (C=N–C) groups is 1. The van der Waals surface area contributed by atoms with Crippen LogP contribution in [0.15, 0.2) is 24.0 Å². The van der Waals surface area contributed by atoms with Crippen LogP contribution in [0.5, 0.6) is 0 Å². The molecule has 0 aliphatic carbocycles. The van der Waals surface area contributed by atoms with Crippen molar-refractivity contribution in [1.29, 1.82) is 0 Å². The highest BCUT2D eigenvalue weighted by Crippen LogP contribution is 2.32. The molecule has 0 spiro atoms. The number of aromatic nitrogens is 2. The van der Waals surface area contributed by atoms with Crippen LogP contribution < -0.4 is 0 Å². The number of thioether (sulfide) groups is 1. The first kappa shape index (κ1) is 24.1. The maximum atomic E-state index is 12.7. The van der Waals surface area contributed by atoms with Gasteiger partial charge in [0.1, 0.15) is 11.8 Å². The molecule has 11 nitrogen and oxygen atoms in total. The van der Waals surface area contributed by atoms with Crippen molar-refractivity contribution in [3.8, 4) is 0 Å². The van der Waals surface area contributed by atoms with Crippen LogP contribution >= 0.6 is 11.8 Å². The van der Waals surface area contributed by atoms with E-state index in [1.165, 1.54) is 29.0 Å². The molecule has 1 saturated heterocycles.